The van der Waals surface area contributed by atoms with Crippen LogP contribution in [0.5, 0.6) is 0 Å². The molecule has 0 radical (unpaired) electrons. The van der Waals surface area contributed by atoms with Crippen molar-refractivity contribution in [1.82, 2.24) is 0 Å². The van der Waals surface area contributed by atoms with Gasteiger partial charge in [0.2, 0.25) is 0 Å². The fourth-order valence-electron chi connectivity index (χ4n) is 1.64. The van der Waals surface area contributed by atoms with Crippen molar-refractivity contribution in [2.75, 3.05) is 52.9 Å². The Morgan fingerprint density at radius 3 is 2.00 bits per heavy atom. The topological polar surface area (TPSA) is 65.3 Å². The van der Waals surface area contributed by atoms with Crippen molar-refractivity contribution >= 4 is 0 Å². The molecule has 6 nitrogen and oxygen atoms in total. The van der Waals surface area contributed by atoms with Crippen molar-refractivity contribution in [1.29, 1.82) is 0 Å². The molecule has 130 valence electrons. The van der Waals surface area contributed by atoms with E-state index in [0.717, 1.165) is 33.0 Å². The Morgan fingerprint density at radius 2 is 1.45 bits per heavy atom. The van der Waals surface area contributed by atoms with Crippen molar-refractivity contribution in [3.05, 3.63) is 0 Å². The van der Waals surface area contributed by atoms with Crippen LogP contribution in [0.3, 0.4) is 0 Å². The number of unbranched alkanes of at least 4 members (excludes halogenated alkanes) is 1. The molecule has 3 aliphatic rings. The van der Waals surface area contributed by atoms with Gasteiger partial charge in [0.1, 0.15) is 18.3 Å². The SMILES string of the molecule is CC(COCC1CO1)OCC1CO1.CCCCOCC1CO1. The van der Waals surface area contributed by atoms with E-state index in [0.29, 0.717) is 38.1 Å². The number of epoxide rings is 3. The minimum absolute atomic E-state index is 0.156. The van der Waals surface area contributed by atoms with Gasteiger partial charge < -0.3 is 28.4 Å². The molecule has 3 saturated heterocycles. The summed E-state index contributed by atoms with van der Waals surface area (Å²) < 4.78 is 31.1. The van der Waals surface area contributed by atoms with Crippen LogP contribution in [0.1, 0.15) is 26.7 Å². The van der Waals surface area contributed by atoms with Gasteiger partial charge in [-0.2, -0.15) is 0 Å². The molecule has 4 atom stereocenters. The highest BCUT2D eigenvalue weighted by Crippen LogP contribution is 2.11. The van der Waals surface area contributed by atoms with Crippen molar-refractivity contribution in [2.45, 2.75) is 51.1 Å². The molecule has 0 bridgehead atoms. The molecule has 0 N–H and O–H groups in total. The van der Waals surface area contributed by atoms with E-state index in [9.17, 15) is 0 Å². The van der Waals surface area contributed by atoms with Gasteiger partial charge in [0.25, 0.3) is 0 Å². The van der Waals surface area contributed by atoms with Gasteiger partial charge >= 0.3 is 0 Å². The summed E-state index contributed by atoms with van der Waals surface area (Å²) in [7, 11) is 0. The molecule has 0 spiro atoms. The lowest BCUT2D eigenvalue weighted by molar-refractivity contribution is -0.0146. The highest BCUT2D eigenvalue weighted by atomic mass is 16.6. The Balaban J connectivity index is 0.000000172. The van der Waals surface area contributed by atoms with Crippen molar-refractivity contribution in [3.63, 3.8) is 0 Å². The summed E-state index contributed by atoms with van der Waals surface area (Å²) >= 11 is 0. The first kappa shape index (κ1) is 18.1. The van der Waals surface area contributed by atoms with Gasteiger partial charge in [0, 0.05) is 6.61 Å². The molecule has 0 aromatic heterocycles. The molecule has 6 heteroatoms. The molecule has 0 saturated carbocycles. The molecule has 0 aromatic carbocycles. The Hall–Kier alpha value is -0.240. The predicted octanol–water partition coefficient (Wildman–Crippen LogP) is 1.41. The van der Waals surface area contributed by atoms with E-state index in [2.05, 4.69) is 6.92 Å². The minimum Gasteiger partial charge on any atom is -0.379 e. The number of hydrogen-bond donors (Lipinski definition) is 0. The Morgan fingerprint density at radius 1 is 0.909 bits per heavy atom. The summed E-state index contributed by atoms with van der Waals surface area (Å²) in [4.78, 5) is 0. The lowest BCUT2D eigenvalue weighted by Gasteiger charge is -2.11. The highest BCUT2D eigenvalue weighted by molar-refractivity contribution is 4.69. The maximum atomic E-state index is 5.48. The molecule has 22 heavy (non-hydrogen) atoms. The van der Waals surface area contributed by atoms with Gasteiger partial charge in [0.05, 0.1) is 52.4 Å². The first-order valence-corrected chi connectivity index (χ1v) is 8.39. The number of hydrogen-bond acceptors (Lipinski definition) is 6. The second-order valence-corrected chi connectivity index (χ2v) is 5.98. The molecule has 3 aliphatic heterocycles. The maximum Gasteiger partial charge on any atom is 0.104 e. The summed E-state index contributed by atoms with van der Waals surface area (Å²) in [6.45, 7) is 10.5. The third kappa shape index (κ3) is 10.5. The van der Waals surface area contributed by atoms with E-state index >= 15 is 0 Å². The quantitative estimate of drug-likeness (QED) is 0.400. The first-order chi connectivity index (χ1) is 10.8. The standard InChI is InChI=1S/C9H16O4.C7H14O2/c1-7(11-4-9-6-13-9)2-10-3-8-5-12-8;1-2-3-4-8-5-7-6-9-7/h7-9H,2-6H2,1H3;7H,2-6H2,1H3. The van der Waals surface area contributed by atoms with E-state index in [-0.39, 0.29) is 6.10 Å². The van der Waals surface area contributed by atoms with Crippen LogP contribution in [0.4, 0.5) is 0 Å². The van der Waals surface area contributed by atoms with E-state index in [1.165, 1.54) is 12.8 Å². The van der Waals surface area contributed by atoms with Crippen LogP contribution in [0.25, 0.3) is 0 Å². The lowest BCUT2D eigenvalue weighted by Crippen LogP contribution is -2.19. The van der Waals surface area contributed by atoms with Gasteiger partial charge in [-0.1, -0.05) is 13.3 Å². The first-order valence-electron chi connectivity index (χ1n) is 8.39. The highest BCUT2D eigenvalue weighted by Gasteiger charge is 2.24. The van der Waals surface area contributed by atoms with E-state index in [1.807, 2.05) is 6.92 Å². The van der Waals surface area contributed by atoms with Gasteiger partial charge in [-0.3, -0.25) is 0 Å². The normalized spacial score (nSPS) is 29.5. The Labute approximate surface area is 133 Å². The van der Waals surface area contributed by atoms with Crippen molar-refractivity contribution in [3.8, 4) is 0 Å². The van der Waals surface area contributed by atoms with E-state index in [1.54, 1.807) is 0 Å². The fraction of sp³-hybridized carbons (Fsp3) is 1.00. The smallest absolute Gasteiger partial charge is 0.104 e. The monoisotopic (exact) mass is 318 g/mol. The summed E-state index contributed by atoms with van der Waals surface area (Å²) in [6.07, 6.45) is 3.66. The summed E-state index contributed by atoms with van der Waals surface area (Å²) in [5, 5.41) is 0. The van der Waals surface area contributed by atoms with E-state index in [4.69, 9.17) is 28.4 Å². The summed E-state index contributed by atoms with van der Waals surface area (Å²) in [5.74, 6) is 0. The summed E-state index contributed by atoms with van der Waals surface area (Å²) in [6, 6.07) is 0. The largest absolute Gasteiger partial charge is 0.379 e. The predicted molar refractivity (Wildman–Crippen MR) is 81.2 cm³/mol. The fourth-order valence-corrected chi connectivity index (χ4v) is 1.64. The number of ether oxygens (including phenoxy) is 6. The molecular weight excluding hydrogens is 288 g/mol. The van der Waals surface area contributed by atoms with Crippen LogP contribution in [0.15, 0.2) is 0 Å². The third-order valence-corrected chi connectivity index (χ3v) is 3.38. The van der Waals surface area contributed by atoms with Gasteiger partial charge in [-0.15, -0.1) is 0 Å². The number of rotatable bonds is 12. The minimum atomic E-state index is 0.156. The lowest BCUT2D eigenvalue weighted by atomic mass is 10.4. The van der Waals surface area contributed by atoms with Crippen LogP contribution >= 0.6 is 0 Å². The molecule has 3 heterocycles. The van der Waals surface area contributed by atoms with Crippen LogP contribution < -0.4 is 0 Å². The average molecular weight is 318 g/mol. The molecule has 3 rings (SSSR count). The molecule has 4 unspecified atom stereocenters. The van der Waals surface area contributed by atoms with Gasteiger partial charge in [-0.25, -0.2) is 0 Å². The van der Waals surface area contributed by atoms with Crippen LogP contribution in [-0.2, 0) is 28.4 Å². The zero-order valence-corrected chi connectivity index (χ0v) is 13.8. The molecule has 0 aromatic rings. The second-order valence-electron chi connectivity index (χ2n) is 5.98. The third-order valence-electron chi connectivity index (χ3n) is 3.38. The Kier molecular flexibility index (Phi) is 8.66. The summed E-state index contributed by atoms with van der Waals surface area (Å²) in [5.41, 5.74) is 0. The molecule has 0 amide bonds. The molecule has 3 fully saturated rings. The Bertz CT molecular complexity index is 276. The zero-order chi connectivity index (χ0) is 15.6. The second kappa shape index (κ2) is 10.5. The molecule has 0 aliphatic carbocycles. The van der Waals surface area contributed by atoms with Gasteiger partial charge in [0.15, 0.2) is 0 Å². The molecular formula is C16H30O6. The van der Waals surface area contributed by atoms with Crippen LogP contribution in [0.2, 0.25) is 0 Å². The van der Waals surface area contributed by atoms with Crippen LogP contribution in [-0.4, -0.2) is 77.3 Å². The van der Waals surface area contributed by atoms with Gasteiger partial charge in [-0.05, 0) is 13.3 Å². The zero-order valence-electron chi connectivity index (χ0n) is 13.8. The van der Waals surface area contributed by atoms with E-state index < -0.39 is 0 Å². The average Bonchev–Trinajstić information content (AvgIpc) is 3.39. The van der Waals surface area contributed by atoms with Crippen LogP contribution in [0, 0.1) is 0 Å². The maximum absolute atomic E-state index is 5.48. The van der Waals surface area contributed by atoms with Crippen molar-refractivity contribution in [2.24, 2.45) is 0 Å². The van der Waals surface area contributed by atoms with Crippen molar-refractivity contribution < 1.29 is 28.4 Å².